The number of rotatable bonds is 9. The first-order chi connectivity index (χ1) is 11.4. The monoisotopic (exact) mass is 338 g/mol. The average Bonchev–Trinajstić information content (AvgIpc) is 2.57. The number of ether oxygens (including phenoxy) is 1. The molecule has 1 aromatic rings. The predicted octanol–water partition coefficient (Wildman–Crippen LogP) is 3.63. The van der Waals surface area contributed by atoms with Crippen LogP contribution in [0, 0.1) is 5.92 Å². The van der Waals surface area contributed by atoms with Gasteiger partial charge in [-0.3, -0.25) is 0 Å². The molecule has 0 aliphatic carbocycles. The number of benzene rings is 1. The summed E-state index contributed by atoms with van der Waals surface area (Å²) in [6.45, 7) is 5.69. The molecule has 134 valence electrons. The van der Waals surface area contributed by atoms with Gasteiger partial charge < -0.3 is 14.9 Å². The SMILES string of the molecule is CCCC(O)C(O)C(OC(=O)c1ccccc1)/C(F)=C\CC(C)C. The molecule has 0 saturated carbocycles. The molecule has 1 aromatic carbocycles. The molecule has 0 spiro atoms. The van der Waals surface area contributed by atoms with Crippen LogP contribution in [0.25, 0.3) is 0 Å². The highest BCUT2D eigenvalue weighted by Gasteiger charge is 2.33. The number of hydrogen-bond acceptors (Lipinski definition) is 4. The normalized spacial score (nSPS) is 15.9. The van der Waals surface area contributed by atoms with Crippen molar-refractivity contribution in [3.05, 3.63) is 47.8 Å². The van der Waals surface area contributed by atoms with Gasteiger partial charge in [0, 0.05) is 0 Å². The fourth-order valence-electron chi connectivity index (χ4n) is 2.18. The molecule has 5 heteroatoms. The van der Waals surface area contributed by atoms with Gasteiger partial charge in [-0.15, -0.1) is 0 Å². The van der Waals surface area contributed by atoms with Crippen LogP contribution in [-0.4, -0.2) is 34.5 Å². The Morgan fingerprint density at radius 1 is 1.25 bits per heavy atom. The minimum absolute atomic E-state index is 0.221. The number of allylic oxidation sites excluding steroid dienone is 1. The molecular formula is C19H27FO4. The Kier molecular flexibility index (Phi) is 8.65. The fourth-order valence-corrected chi connectivity index (χ4v) is 2.18. The van der Waals surface area contributed by atoms with Gasteiger partial charge in [0.2, 0.25) is 0 Å². The fraction of sp³-hybridized carbons (Fsp3) is 0.526. The van der Waals surface area contributed by atoms with Gasteiger partial charge >= 0.3 is 5.97 Å². The second kappa shape index (κ2) is 10.2. The van der Waals surface area contributed by atoms with Crippen LogP contribution < -0.4 is 0 Å². The molecule has 4 nitrogen and oxygen atoms in total. The van der Waals surface area contributed by atoms with E-state index < -0.39 is 30.1 Å². The van der Waals surface area contributed by atoms with Crippen LogP contribution in [0.4, 0.5) is 4.39 Å². The van der Waals surface area contributed by atoms with Crippen molar-refractivity contribution in [2.75, 3.05) is 0 Å². The van der Waals surface area contributed by atoms with Gasteiger partial charge in [-0.25, -0.2) is 9.18 Å². The van der Waals surface area contributed by atoms with E-state index >= 15 is 0 Å². The van der Waals surface area contributed by atoms with Crippen LogP contribution in [-0.2, 0) is 4.74 Å². The summed E-state index contributed by atoms with van der Waals surface area (Å²) in [4.78, 5) is 12.2. The minimum Gasteiger partial charge on any atom is -0.449 e. The molecule has 2 N–H and O–H groups in total. The van der Waals surface area contributed by atoms with Crippen LogP contribution in [0.15, 0.2) is 42.2 Å². The molecule has 3 unspecified atom stereocenters. The van der Waals surface area contributed by atoms with E-state index in [0.717, 1.165) is 0 Å². The third kappa shape index (κ3) is 6.42. The highest BCUT2D eigenvalue weighted by atomic mass is 19.1. The molecule has 0 heterocycles. The summed E-state index contributed by atoms with van der Waals surface area (Å²) >= 11 is 0. The Morgan fingerprint density at radius 2 is 1.88 bits per heavy atom. The molecule has 0 saturated heterocycles. The maximum Gasteiger partial charge on any atom is 0.338 e. The first kappa shape index (κ1) is 20.3. The molecule has 3 atom stereocenters. The van der Waals surface area contributed by atoms with Crippen LogP contribution in [0.5, 0.6) is 0 Å². The van der Waals surface area contributed by atoms with Crippen molar-refractivity contribution in [1.82, 2.24) is 0 Å². The molecule has 0 aliphatic rings. The summed E-state index contributed by atoms with van der Waals surface area (Å²) in [5.41, 5.74) is 0.261. The van der Waals surface area contributed by atoms with Gasteiger partial charge in [-0.2, -0.15) is 0 Å². The topological polar surface area (TPSA) is 66.8 Å². The van der Waals surface area contributed by atoms with Crippen molar-refractivity contribution in [3.8, 4) is 0 Å². The van der Waals surface area contributed by atoms with E-state index in [0.29, 0.717) is 12.8 Å². The van der Waals surface area contributed by atoms with Crippen LogP contribution in [0.3, 0.4) is 0 Å². The molecule has 0 aliphatic heterocycles. The van der Waals surface area contributed by atoms with E-state index in [1.165, 1.54) is 6.08 Å². The Balaban J connectivity index is 2.95. The molecule has 0 bridgehead atoms. The first-order valence-electron chi connectivity index (χ1n) is 8.34. The third-order valence-electron chi connectivity index (χ3n) is 3.59. The van der Waals surface area contributed by atoms with Gasteiger partial charge in [-0.05, 0) is 37.0 Å². The minimum atomic E-state index is -1.52. The van der Waals surface area contributed by atoms with Crippen molar-refractivity contribution in [3.63, 3.8) is 0 Å². The lowest BCUT2D eigenvalue weighted by Crippen LogP contribution is -2.40. The second-order valence-electron chi connectivity index (χ2n) is 6.26. The van der Waals surface area contributed by atoms with E-state index in [1.807, 2.05) is 20.8 Å². The highest BCUT2D eigenvalue weighted by molar-refractivity contribution is 5.89. The van der Waals surface area contributed by atoms with Gasteiger partial charge in [-0.1, -0.05) is 45.4 Å². The smallest absolute Gasteiger partial charge is 0.338 e. The Labute approximate surface area is 143 Å². The summed E-state index contributed by atoms with van der Waals surface area (Å²) in [5.74, 6) is -1.26. The number of esters is 1. The number of carbonyl (C=O) groups excluding carboxylic acids is 1. The molecule has 24 heavy (non-hydrogen) atoms. The maximum atomic E-state index is 14.5. The predicted molar refractivity (Wildman–Crippen MR) is 91.2 cm³/mol. The molecule has 1 rings (SSSR count). The van der Waals surface area contributed by atoms with Crippen LogP contribution in [0.1, 0.15) is 50.4 Å². The van der Waals surface area contributed by atoms with Gasteiger partial charge in [0.15, 0.2) is 6.10 Å². The quantitative estimate of drug-likeness (QED) is 0.675. The number of aliphatic hydroxyl groups excluding tert-OH is 2. The lowest BCUT2D eigenvalue weighted by atomic mass is 10.0. The largest absolute Gasteiger partial charge is 0.449 e. The van der Waals surface area contributed by atoms with E-state index in [9.17, 15) is 19.4 Å². The number of halogens is 1. The van der Waals surface area contributed by atoms with E-state index in [2.05, 4.69) is 0 Å². The standard InChI is InChI=1S/C19H27FO4/c1-4-8-16(21)17(22)18(15(20)12-11-13(2)3)24-19(23)14-9-6-5-7-10-14/h5-7,9-10,12-13,16-18,21-22H,4,8,11H2,1-3H3/b15-12+. The third-order valence-corrected chi connectivity index (χ3v) is 3.59. The van der Waals surface area contributed by atoms with Crippen molar-refractivity contribution in [2.45, 2.75) is 58.3 Å². The molecular weight excluding hydrogens is 311 g/mol. The molecule has 0 radical (unpaired) electrons. The first-order valence-corrected chi connectivity index (χ1v) is 8.34. The zero-order chi connectivity index (χ0) is 18.1. The Bertz CT molecular complexity index is 527. The van der Waals surface area contributed by atoms with E-state index in [-0.39, 0.29) is 17.9 Å². The van der Waals surface area contributed by atoms with Crippen molar-refractivity contribution in [2.24, 2.45) is 5.92 Å². The lowest BCUT2D eigenvalue weighted by Gasteiger charge is -2.26. The maximum absolute atomic E-state index is 14.5. The van der Waals surface area contributed by atoms with Crippen LogP contribution in [0.2, 0.25) is 0 Å². The second-order valence-corrected chi connectivity index (χ2v) is 6.26. The van der Waals surface area contributed by atoms with Crippen molar-refractivity contribution in [1.29, 1.82) is 0 Å². The highest BCUT2D eigenvalue weighted by Crippen LogP contribution is 2.21. The lowest BCUT2D eigenvalue weighted by molar-refractivity contribution is -0.0656. The van der Waals surface area contributed by atoms with Crippen molar-refractivity contribution >= 4 is 5.97 Å². The van der Waals surface area contributed by atoms with Crippen LogP contribution >= 0.6 is 0 Å². The summed E-state index contributed by atoms with van der Waals surface area (Å²) in [7, 11) is 0. The number of carbonyl (C=O) groups is 1. The van der Waals surface area contributed by atoms with E-state index in [1.54, 1.807) is 30.3 Å². The van der Waals surface area contributed by atoms with Gasteiger partial charge in [0.1, 0.15) is 11.9 Å². The molecule has 0 amide bonds. The zero-order valence-corrected chi connectivity index (χ0v) is 14.5. The Hall–Kier alpha value is -1.72. The summed E-state index contributed by atoms with van der Waals surface area (Å²) in [5, 5.41) is 20.2. The van der Waals surface area contributed by atoms with E-state index in [4.69, 9.17) is 4.74 Å². The average molecular weight is 338 g/mol. The van der Waals surface area contributed by atoms with Gasteiger partial charge in [0.25, 0.3) is 0 Å². The van der Waals surface area contributed by atoms with Crippen molar-refractivity contribution < 1.29 is 24.1 Å². The summed E-state index contributed by atoms with van der Waals surface area (Å²) in [6, 6.07) is 8.17. The summed E-state index contributed by atoms with van der Waals surface area (Å²) < 4.78 is 19.6. The molecule has 0 aromatic heterocycles. The molecule has 0 fully saturated rings. The zero-order valence-electron chi connectivity index (χ0n) is 14.5. The Morgan fingerprint density at radius 3 is 2.42 bits per heavy atom. The summed E-state index contributed by atoms with van der Waals surface area (Å²) in [6.07, 6.45) is -1.54. The number of hydrogen-bond donors (Lipinski definition) is 2. The number of aliphatic hydroxyl groups is 2. The van der Waals surface area contributed by atoms with Gasteiger partial charge in [0.05, 0.1) is 11.7 Å².